The van der Waals surface area contributed by atoms with Crippen LogP contribution in [0.5, 0.6) is 11.5 Å². The van der Waals surface area contributed by atoms with Gasteiger partial charge in [-0.25, -0.2) is 0 Å². The molecule has 0 saturated heterocycles. The third kappa shape index (κ3) is 5.29. The van der Waals surface area contributed by atoms with Gasteiger partial charge in [-0.2, -0.15) is 13.2 Å². The number of carbonyl (C=O) groups excluding carboxylic acids is 1. The zero-order chi connectivity index (χ0) is 18.4. The van der Waals surface area contributed by atoms with Gasteiger partial charge >= 0.3 is 6.18 Å². The van der Waals surface area contributed by atoms with Crippen molar-refractivity contribution in [3.63, 3.8) is 0 Å². The molecule has 0 heterocycles. The first-order valence-corrected chi connectivity index (χ1v) is 7.61. The number of alkyl halides is 3. The number of amides is 1. The fourth-order valence-corrected chi connectivity index (χ4v) is 2.22. The van der Waals surface area contributed by atoms with Gasteiger partial charge in [0.25, 0.3) is 5.91 Å². The van der Waals surface area contributed by atoms with Crippen molar-refractivity contribution in [2.45, 2.75) is 6.18 Å². The van der Waals surface area contributed by atoms with Crippen LogP contribution in [-0.2, 0) is 6.18 Å². The lowest BCUT2D eigenvalue weighted by molar-refractivity contribution is -0.137. The number of benzene rings is 2. The van der Waals surface area contributed by atoms with Crippen molar-refractivity contribution in [3.05, 3.63) is 58.6 Å². The zero-order valence-electron chi connectivity index (χ0n) is 13.2. The molecule has 0 aliphatic carbocycles. The number of carbonyl (C=O) groups is 1. The molecule has 0 radical (unpaired) electrons. The Bertz CT molecular complexity index is 750. The molecule has 0 spiro atoms. The summed E-state index contributed by atoms with van der Waals surface area (Å²) >= 11 is 5.86. The van der Waals surface area contributed by atoms with Crippen LogP contribution in [-0.4, -0.2) is 26.2 Å². The van der Waals surface area contributed by atoms with Gasteiger partial charge < -0.3 is 14.8 Å². The minimum Gasteiger partial charge on any atom is -0.496 e. The first kappa shape index (κ1) is 18.9. The molecule has 1 amide bonds. The maximum absolute atomic E-state index is 12.6. The molecule has 2 aromatic carbocycles. The molecule has 1 N–H and O–H groups in total. The molecule has 0 aliphatic heterocycles. The third-order valence-electron chi connectivity index (χ3n) is 3.22. The Morgan fingerprint density at radius 3 is 2.64 bits per heavy atom. The van der Waals surface area contributed by atoms with Crippen LogP contribution in [0.2, 0.25) is 5.02 Å². The molecule has 8 heteroatoms. The lowest BCUT2D eigenvalue weighted by Crippen LogP contribution is -2.28. The molecule has 0 aromatic heterocycles. The Morgan fingerprint density at radius 1 is 1.20 bits per heavy atom. The van der Waals surface area contributed by atoms with Crippen LogP contribution < -0.4 is 14.8 Å². The fourth-order valence-electron chi connectivity index (χ4n) is 2.05. The summed E-state index contributed by atoms with van der Waals surface area (Å²) in [5, 5.41) is 2.97. The summed E-state index contributed by atoms with van der Waals surface area (Å²) in [7, 11) is 1.43. The maximum Gasteiger partial charge on any atom is 0.416 e. The van der Waals surface area contributed by atoms with Gasteiger partial charge in [-0.15, -0.1) is 0 Å². The van der Waals surface area contributed by atoms with Crippen LogP contribution in [0, 0.1) is 0 Å². The van der Waals surface area contributed by atoms with Crippen LogP contribution in [0.4, 0.5) is 13.2 Å². The summed E-state index contributed by atoms with van der Waals surface area (Å²) in [6.45, 7) is 0.112. The zero-order valence-corrected chi connectivity index (χ0v) is 13.9. The molecule has 0 fully saturated rings. The van der Waals surface area contributed by atoms with Gasteiger partial charge in [-0.05, 0) is 36.4 Å². The molecule has 134 valence electrons. The number of halogens is 4. The van der Waals surface area contributed by atoms with E-state index in [2.05, 4.69) is 5.32 Å². The van der Waals surface area contributed by atoms with Crippen LogP contribution in [0.1, 0.15) is 15.9 Å². The van der Waals surface area contributed by atoms with Crippen molar-refractivity contribution in [2.24, 2.45) is 0 Å². The summed E-state index contributed by atoms with van der Waals surface area (Å²) < 4.78 is 48.2. The quantitative estimate of drug-likeness (QED) is 0.773. The molecule has 0 atom stereocenters. The molecule has 0 saturated carbocycles. The molecule has 0 aliphatic rings. The number of ether oxygens (including phenoxy) is 2. The summed E-state index contributed by atoms with van der Waals surface area (Å²) in [4.78, 5) is 12.1. The highest BCUT2D eigenvalue weighted by atomic mass is 35.5. The standard InChI is InChI=1S/C17H15ClF3NO3/c1-24-15-6-5-12(18)10-14(15)16(23)22-7-8-25-13-4-2-3-11(9-13)17(19,20)21/h2-6,9-10H,7-8H2,1H3,(H,22,23). The highest BCUT2D eigenvalue weighted by molar-refractivity contribution is 6.31. The molecular formula is C17H15ClF3NO3. The second-order valence-electron chi connectivity index (χ2n) is 4.97. The monoisotopic (exact) mass is 373 g/mol. The van der Waals surface area contributed by atoms with Crippen molar-refractivity contribution in [3.8, 4) is 11.5 Å². The highest BCUT2D eigenvalue weighted by Gasteiger charge is 2.30. The second-order valence-corrected chi connectivity index (χ2v) is 5.41. The number of rotatable bonds is 6. The van der Waals surface area contributed by atoms with Crippen LogP contribution in [0.25, 0.3) is 0 Å². The van der Waals surface area contributed by atoms with Crippen molar-refractivity contribution >= 4 is 17.5 Å². The Hall–Kier alpha value is -2.41. The smallest absolute Gasteiger partial charge is 0.416 e. The number of hydrogen-bond donors (Lipinski definition) is 1. The fraction of sp³-hybridized carbons (Fsp3) is 0.235. The van der Waals surface area contributed by atoms with Gasteiger partial charge in [0.15, 0.2) is 0 Å². The first-order valence-electron chi connectivity index (χ1n) is 7.23. The second kappa shape index (κ2) is 8.11. The highest BCUT2D eigenvalue weighted by Crippen LogP contribution is 2.31. The summed E-state index contributed by atoms with van der Waals surface area (Å²) in [6, 6.07) is 9.15. The summed E-state index contributed by atoms with van der Waals surface area (Å²) in [6.07, 6.45) is -4.43. The lowest BCUT2D eigenvalue weighted by atomic mass is 10.2. The Kier molecular flexibility index (Phi) is 6.14. The Morgan fingerprint density at radius 2 is 1.96 bits per heavy atom. The average molecular weight is 374 g/mol. The number of nitrogens with one attached hydrogen (secondary N) is 1. The van der Waals surface area contributed by atoms with Crippen LogP contribution >= 0.6 is 11.6 Å². The maximum atomic E-state index is 12.6. The molecule has 2 aromatic rings. The third-order valence-corrected chi connectivity index (χ3v) is 3.46. The van der Waals surface area contributed by atoms with Gasteiger partial charge in [0.1, 0.15) is 18.1 Å². The molecule has 25 heavy (non-hydrogen) atoms. The minimum absolute atomic E-state index is 0.00985. The van der Waals surface area contributed by atoms with Crippen molar-refractivity contribution in [1.29, 1.82) is 0 Å². The minimum atomic E-state index is -4.43. The molecule has 2 rings (SSSR count). The first-order chi connectivity index (χ1) is 11.8. The Labute approximate surface area is 147 Å². The van der Waals surface area contributed by atoms with E-state index in [1.165, 1.54) is 25.3 Å². The van der Waals surface area contributed by atoms with Gasteiger partial charge in [0.2, 0.25) is 0 Å². The number of hydrogen-bond acceptors (Lipinski definition) is 3. The predicted molar refractivity (Wildman–Crippen MR) is 87.3 cm³/mol. The van der Waals surface area contributed by atoms with E-state index in [9.17, 15) is 18.0 Å². The molecule has 0 bridgehead atoms. The molecule has 0 unspecified atom stereocenters. The predicted octanol–water partition coefficient (Wildman–Crippen LogP) is 4.18. The lowest BCUT2D eigenvalue weighted by Gasteiger charge is -2.12. The van der Waals surface area contributed by atoms with Gasteiger partial charge in [0, 0.05) is 5.02 Å². The van der Waals surface area contributed by atoms with Gasteiger partial charge in [-0.3, -0.25) is 4.79 Å². The van der Waals surface area contributed by atoms with E-state index in [4.69, 9.17) is 21.1 Å². The summed E-state index contributed by atoms with van der Waals surface area (Å²) in [5.74, 6) is 0.0112. The van der Waals surface area contributed by atoms with E-state index < -0.39 is 17.6 Å². The van der Waals surface area contributed by atoms with Crippen molar-refractivity contribution in [1.82, 2.24) is 5.32 Å². The van der Waals surface area contributed by atoms with Crippen LogP contribution in [0.15, 0.2) is 42.5 Å². The van der Waals surface area contributed by atoms with E-state index in [1.54, 1.807) is 12.1 Å². The molecular weight excluding hydrogens is 359 g/mol. The van der Waals surface area contributed by atoms with E-state index in [1.807, 2.05) is 0 Å². The summed E-state index contributed by atoms with van der Waals surface area (Å²) in [5.41, 5.74) is -0.535. The Balaban J connectivity index is 1.89. The largest absolute Gasteiger partial charge is 0.496 e. The van der Waals surface area contributed by atoms with Gasteiger partial charge in [-0.1, -0.05) is 17.7 Å². The van der Waals surface area contributed by atoms with Crippen molar-refractivity contribution in [2.75, 3.05) is 20.3 Å². The number of methoxy groups -OCH3 is 1. The normalized spacial score (nSPS) is 11.1. The van der Waals surface area contributed by atoms with Crippen molar-refractivity contribution < 1.29 is 27.4 Å². The van der Waals surface area contributed by atoms with E-state index in [0.29, 0.717) is 10.8 Å². The molecule has 4 nitrogen and oxygen atoms in total. The van der Waals surface area contributed by atoms with Gasteiger partial charge in [0.05, 0.1) is 24.8 Å². The van der Waals surface area contributed by atoms with E-state index in [-0.39, 0.29) is 24.5 Å². The SMILES string of the molecule is COc1ccc(Cl)cc1C(=O)NCCOc1cccc(C(F)(F)F)c1. The topological polar surface area (TPSA) is 47.6 Å². The van der Waals surface area contributed by atoms with Crippen LogP contribution in [0.3, 0.4) is 0 Å². The van der Waals surface area contributed by atoms with E-state index in [0.717, 1.165) is 12.1 Å². The van der Waals surface area contributed by atoms with E-state index >= 15 is 0 Å². The average Bonchev–Trinajstić information content (AvgIpc) is 2.58.